The molecule has 0 atom stereocenters. The molecule has 1 aromatic heterocycles. The summed E-state index contributed by atoms with van der Waals surface area (Å²) in [5, 5.41) is 0.359. The maximum atomic E-state index is 14.2. The maximum Gasteiger partial charge on any atom is 0.233 e. The van der Waals surface area contributed by atoms with Crippen LogP contribution in [0, 0.1) is 11.6 Å². The predicted molar refractivity (Wildman–Crippen MR) is 123 cm³/mol. The lowest BCUT2D eigenvalue weighted by atomic mass is 10.1. The summed E-state index contributed by atoms with van der Waals surface area (Å²) < 4.78 is 38.9. The minimum atomic E-state index is -0.732. The first kappa shape index (κ1) is 24.2. The number of ether oxygens (including phenoxy) is 2. The molecule has 0 saturated carbocycles. The zero-order chi connectivity index (χ0) is 22.0. The van der Waals surface area contributed by atoms with Gasteiger partial charge in [-0.1, -0.05) is 31.3 Å². The van der Waals surface area contributed by atoms with E-state index in [0.29, 0.717) is 34.4 Å². The molecule has 2 heterocycles. The number of nitrogens with zero attached hydrogens (tertiary/aromatic N) is 3. The molecule has 0 bridgehead atoms. The monoisotopic (exact) mass is 483 g/mol. The molecule has 0 radical (unpaired) electrons. The molecule has 0 saturated heterocycles. The molecule has 1 aliphatic rings. The SMILES string of the molecule is CCN(CC)CCN(C(=O)Cc1ccc2c(c1)OCO2)c1nc2c(F)cc(F)cc2s1.Cl. The van der Waals surface area contributed by atoms with Gasteiger partial charge in [0, 0.05) is 19.2 Å². The Kier molecular flexibility index (Phi) is 7.86. The molecular formula is C22H24ClF2N3O3S. The van der Waals surface area contributed by atoms with E-state index in [1.807, 2.05) is 6.07 Å². The van der Waals surface area contributed by atoms with Crippen LogP contribution < -0.4 is 14.4 Å². The minimum Gasteiger partial charge on any atom is -0.454 e. The molecule has 0 fully saturated rings. The van der Waals surface area contributed by atoms with Crippen molar-refractivity contribution in [1.82, 2.24) is 9.88 Å². The molecule has 1 amide bonds. The average molecular weight is 484 g/mol. The molecule has 172 valence electrons. The molecule has 2 aromatic carbocycles. The third-order valence-electron chi connectivity index (χ3n) is 5.26. The quantitative estimate of drug-likeness (QED) is 0.467. The van der Waals surface area contributed by atoms with Crippen LogP contribution in [-0.2, 0) is 11.2 Å². The van der Waals surface area contributed by atoms with E-state index >= 15 is 0 Å². The summed E-state index contributed by atoms with van der Waals surface area (Å²) in [5.41, 5.74) is 0.852. The maximum absolute atomic E-state index is 14.2. The van der Waals surface area contributed by atoms with Gasteiger partial charge in [0.1, 0.15) is 11.3 Å². The summed E-state index contributed by atoms with van der Waals surface area (Å²) in [4.78, 5) is 21.3. The lowest BCUT2D eigenvalue weighted by molar-refractivity contribution is -0.118. The fourth-order valence-electron chi connectivity index (χ4n) is 3.49. The Morgan fingerprint density at radius 3 is 2.59 bits per heavy atom. The van der Waals surface area contributed by atoms with Gasteiger partial charge in [0.05, 0.1) is 11.1 Å². The summed E-state index contributed by atoms with van der Waals surface area (Å²) in [6, 6.07) is 7.43. The fraction of sp³-hybridized carbons (Fsp3) is 0.364. The summed E-state index contributed by atoms with van der Waals surface area (Å²) >= 11 is 1.11. The van der Waals surface area contributed by atoms with E-state index in [1.165, 1.54) is 6.07 Å². The van der Waals surface area contributed by atoms with Gasteiger partial charge < -0.3 is 14.4 Å². The van der Waals surface area contributed by atoms with Gasteiger partial charge in [-0.25, -0.2) is 13.8 Å². The Labute approximate surface area is 195 Å². The second-order valence-corrected chi connectivity index (χ2v) is 8.18. The van der Waals surface area contributed by atoms with E-state index in [2.05, 4.69) is 23.7 Å². The van der Waals surface area contributed by atoms with Crippen molar-refractivity contribution in [1.29, 1.82) is 0 Å². The molecule has 0 N–H and O–H groups in total. The second-order valence-electron chi connectivity index (χ2n) is 7.17. The highest BCUT2D eigenvalue weighted by Crippen LogP contribution is 2.34. The van der Waals surface area contributed by atoms with Crippen LogP contribution in [0.5, 0.6) is 11.5 Å². The number of anilines is 1. The number of rotatable bonds is 8. The van der Waals surface area contributed by atoms with Gasteiger partial charge >= 0.3 is 0 Å². The number of aromatic nitrogens is 1. The van der Waals surface area contributed by atoms with E-state index in [0.717, 1.165) is 36.1 Å². The number of hydrogen-bond acceptors (Lipinski definition) is 6. The number of amides is 1. The number of fused-ring (bicyclic) bond motifs is 2. The summed E-state index contributed by atoms with van der Waals surface area (Å²) in [6.45, 7) is 7.01. The molecule has 32 heavy (non-hydrogen) atoms. The topological polar surface area (TPSA) is 54.9 Å². The standard InChI is InChI=1S/C22H23F2N3O3S.ClH/c1-3-26(4-2)7-8-27(22-25-21-16(24)11-15(23)12-19(21)31-22)20(28)10-14-5-6-17-18(9-14)30-13-29-17;/h5-6,9,11-12H,3-4,7-8,10,13H2,1-2H3;1H. The van der Waals surface area contributed by atoms with E-state index in [4.69, 9.17) is 9.47 Å². The van der Waals surface area contributed by atoms with Crippen molar-refractivity contribution in [2.45, 2.75) is 20.3 Å². The fourth-order valence-corrected chi connectivity index (χ4v) is 4.54. The highest BCUT2D eigenvalue weighted by molar-refractivity contribution is 7.22. The third kappa shape index (κ3) is 5.11. The Balaban J connectivity index is 0.00000289. The zero-order valence-corrected chi connectivity index (χ0v) is 19.4. The van der Waals surface area contributed by atoms with E-state index in [-0.39, 0.29) is 37.0 Å². The number of benzene rings is 2. The van der Waals surface area contributed by atoms with Gasteiger partial charge in [-0.3, -0.25) is 9.69 Å². The zero-order valence-electron chi connectivity index (χ0n) is 17.8. The van der Waals surface area contributed by atoms with Crippen LogP contribution in [0.3, 0.4) is 0 Å². The summed E-state index contributed by atoms with van der Waals surface area (Å²) in [5.74, 6) is -0.312. The number of likely N-dealkylation sites (N-methyl/N-ethyl adjacent to an activating group) is 1. The molecule has 0 unspecified atom stereocenters. The van der Waals surface area contributed by atoms with E-state index < -0.39 is 11.6 Å². The Hall–Kier alpha value is -2.49. The van der Waals surface area contributed by atoms with Gasteiger partial charge in [-0.05, 0) is 36.9 Å². The molecule has 10 heteroatoms. The third-order valence-corrected chi connectivity index (χ3v) is 6.29. The smallest absolute Gasteiger partial charge is 0.233 e. The van der Waals surface area contributed by atoms with Crippen molar-refractivity contribution in [3.05, 3.63) is 47.5 Å². The number of thiazole rings is 1. The van der Waals surface area contributed by atoms with Crippen LogP contribution in [0.15, 0.2) is 30.3 Å². The second kappa shape index (κ2) is 10.4. The number of carbonyl (C=O) groups excluding carboxylic acids is 1. The first-order valence-electron chi connectivity index (χ1n) is 10.1. The minimum absolute atomic E-state index is 0. The van der Waals surface area contributed by atoms with Gasteiger partial charge in [-0.2, -0.15) is 0 Å². The molecule has 0 aliphatic carbocycles. The molecule has 1 aliphatic heterocycles. The lowest BCUT2D eigenvalue weighted by Crippen LogP contribution is -2.39. The van der Waals surface area contributed by atoms with Crippen LogP contribution in [0.2, 0.25) is 0 Å². The molecule has 6 nitrogen and oxygen atoms in total. The summed E-state index contributed by atoms with van der Waals surface area (Å²) in [7, 11) is 0. The van der Waals surface area contributed by atoms with Crippen LogP contribution in [0.1, 0.15) is 19.4 Å². The van der Waals surface area contributed by atoms with Crippen LogP contribution >= 0.6 is 23.7 Å². The van der Waals surface area contributed by atoms with Gasteiger partial charge in [0.2, 0.25) is 12.7 Å². The average Bonchev–Trinajstić information content (AvgIpc) is 3.37. The lowest BCUT2D eigenvalue weighted by Gasteiger charge is -2.24. The van der Waals surface area contributed by atoms with Gasteiger partial charge in [0.15, 0.2) is 22.4 Å². The largest absolute Gasteiger partial charge is 0.454 e. The van der Waals surface area contributed by atoms with Gasteiger partial charge in [0.25, 0.3) is 0 Å². The molecule has 0 spiro atoms. The summed E-state index contributed by atoms with van der Waals surface area (Å²) in [6.07, 6.45) is 0.127. The Morgan fingerprint density at radius 1 is 1.09 bits per heavy atom. The van der Waals surface area contributed by atoms with Crippen LogP contribution in [0.25, 0.3) is 10.2 Å². The first-order chi connectivity index (χ1) is 15.0. The number of halogens is 3. The molecule has 4 rings (SSSR count). The normalized spacial score (nSPS) is 12.3. The molecular weight excluding hydrogens is 460 g/mol. The van der Waals surface area contributed by atoms with Crippen molar-refractivity contribution < 1.29 is 23.0 Å². The predicted octanol–water partition coefficient (Wildman–Crippen LogP) is 4.64. The molecule has 3 aromatic rings. The van der Waals surface area contributed by atoms with Crippen molar-refractivity contribution in [3.63, 3.8) is 0 Å². The van der Waals surface area contributed by atoms with Crippen molar-refractivity contribution in [3.8, 4) is 11.5 Å². The number of carbonyl (C=O) groups is 1. The van der Waals surface area contributed by atoms with Gasteiger partial charge in [-0.15, -0.1) is 12.4 Å². The Morgan fingerprint density at radius 2 is 1.84 bits per heavy atom. The highest BCUT2D eigenvalue weighted by Gasteiger charge is 2.23. The number of hydrogen-bond donors (Lipinski definition) is 0. The van der Waals surface area contributed by atoms with Crippen LogP contribution in [0.4, 0.5) is 13.9 Å². The van der Waals surface area contributed by atoms with Crippen molar-refractivity contribution in [2.24, 2.45) is 0 Å². The highest BCUT2D eigenvalue weighted by atomic mass is 35.5. The van der Waals surface area contributed by atoms with E-state index in [1.54, 1.807) is 17.0 Å². The van der Waals surface area contributed by atoms with Crippen molar-refractivity contribution in [2.75, 3.05) is 37.9 Å². The van der Waals surface area contributed by atoms with Crippen LogP contribution in [-0.4, -0.2) is 48.8 Å². The van der Waals surface area contributed by atoms with Crippen molar-refractivity contribution >= 4 is 45.0 Å². The van der Waals surface area contributed by atoms with E-state index in [9.17, 15) is 13.6 Å². The Bertz CT molecular complexity index is 1110. The first-order valence-corrected chi connectivity index (χ1v) is 11.0.